The van der Waals surface area contributed by atoms with E-state index in [1.165, 1.54) is 56.5 Å². The summed E-state index contributed by atoms with van der Waals surface area (Å²) in [6, 6.07) is 0.601. The normalized spacial score (nSPS) is 18.3. The molecule has 20 heavy (non-hydrogen) atoms. The van der Waals surface area contributed by atoms with Gasteiger partial charge in [-0.1, -0.05) is 39.0 Å². The van der Waals surface area contributed by atoms with Crippen LogP contribution in [-0.4, -0.2) is 48.5 Å². The second-order valence-corrected chi connectivity index (χ2v) is 7.02. The molecule has 0 aromatic heterocycles. The predicted molar refractivity (Wildman–Crippen MR) is 88.6 cm³/mol. The van der Waals surface area contributed by atoms with Crippen LogP contribution >= 0.6 is 11.8 Å². The Bertz CT molecular complexity index is 211. The average molecular weight is 304 g/mol. The molecule has 1 rings (SSSR count). The molecule has 1 heterocycles. The number of unbranched alkanes of at least 4 members (excludes halogenated alkanes) is 5. The lowest BCUT2D eigenvalue weighted by atomic mass is 10.1. The van der Waals surface area contributed by atoms with Gasteiger partial charge in [0.15, 0.2) is 0 Å². The van der Waals surface area contributed by atoms with E-state index in [4.69, 9.17) is 4.74 Å². The lowest BCUT2D eigenvalue weighted by Crippen LogP contribution is -2.39. The van der Waals surface area contributed by atoms with E-state index >= 15 is 0 Å². The summed E-state index contributed by atoms with van der Waals surface area (Å²) in [4.78, 5) is 0. The van der Waals surface area contributed by atoms with Crippen LogP contribution in [0, 0.1) is 0 Å². The van der Waals surface area contributed by atoms with Gasteiger partial charge >= 0.3 is 0 Å². The highest BCUT2D eigenvalue weighted by atomic mass is 32.2. The molecule has 1 fully saturated rings. The zero-order valence-corrected chi connectivity index (χ0v) is 13.9. The van der Waals surface area contributed by atoms with Gasteiger partial charge in [-0.25, -0.2) is 0 Å². The van der Waals surface area contributed by atoms with Gasteiger partial charge in [0, 0.05) is 19.2 Å². The molecule has 2 N–H and O–H groups in total. The molecule has 0 radical (unpaired) electrons. The van der Waals surface area contributed by atoms with E-state index in [2.05, 4.69) is 12.2 Å². The van der Waals surface area contributed by atoms with Crippen LogP contribution < -0.4 is 5.32 Å². The fourth-order valence-corrected chi connectivity index (χ4v) is 3.57. The maximum atomic E-state index is 9.86. The van der Waals surface area contributed by atoms with Crippen molar-refractivity contribution in [3.05, 3.63) is 0 Å². The predicted octanol–water partition coefficient (Wildman–Crippen LogP) is 3.21. The summed E-state index contributed by atoms with van der Waals surface area (Å²) in [5, 5.41) is 13.3. The van der Waals surface area contributed by atoms with Crippen LogP contribution in [0.4, 0.5) is 0 Å². The number of ether oxygens (including phenoxy) is 1. The maximum Gasteiger partial charge on any atom is 0.0897 e. The summed E-state index contributed by atoms with van der Waals surface area (Å²) in [7, 11) is 0. The Morgan fingerprint density at radius 2 is 1.85 bits per heavy atom. The van der Waals surface area contributed by atoms with E-state index in [9.17, 15) is 5.11 Å². The summed E-state index contributed by atoms with van der Waals surface area (Å²) in [5.74, 6) is 2.50. The number of aliphatic hydroxyl groups excluding tert-OH is 1. The smallest absolute Gasteiger partial charge is 0.0897 e. The van der Waals surface area contributed by atoms with Crippen molar-refractivity contribution in [2.75, 3.05) is 31.3 Å². The van der Waals surface area contributed by atoms with Gasteiger partial charge in [-0.2, -0.15) is 11.8 Å². The molecule has 1 atom stereocenters. The van der Waals surface area contributed by atoms with E-state index < -0.39 is 0 Å². The third-order valence-electron chi connectivity index (χ3n) is 3.82. The molecule has 0 bridgehead atoms. The lowest BCUT2D eigenvalue weighted by molar-refractivity contribution is 0.0340. The van der Waals surface area contributed by atoms with Crippen molar-refractivity contribution in [2.45, 2.75) is 70.4 Å². The Morgan fingerprint density at radius 1 is 1.15 bits per heavy atom. The third-order valence-corrected chi connectivity index (χ3v) is 4.86. The van der Waals surface area contributed by atoms with Crippen molar-refractivity contribution in [1.29, 1.82) is 0 Å². The number of hydrogen-bond acceptors (Lipinski definition) is 4. The van der Waals surface area contributed by atoms with E-state index in [0.29, 0.717) is 19.2 Å². The molecule has 0 aromatic rings. The number of aliphatic hydroxyl groups is 1. The van der Waals surface area contributed by atoms with Gasteiger partial charge in [0.05, 0.1) is 12.7 Å². The molecule has 3 nitrogen and oxygen atoms in total. The second kappa shape index (κ2) is 12.9. The molecule has 0 saturated carbocycles. The van der Waals surface area contributed by atoms with Gasteiger partial charge in [0.2, 0.25) is 0 Å². The number of hydrogen-bond donors (Lipinski definition) is 2. The Hall–Kier alpha value is 0.230. The van der Waals surface area contributed by atoms with Crippen molar-refractivity contribution >= 4 is 11.8 Å². The van der Waals surface area contributed by atoms with Gasteiger partial charge in [0.1, 0.15) is 0 Å². The van der Waals surface area contributed by atoms with Crippen LogP contribution in [0.25, 0.3) is 0 Å². The Kier molecular flexibility index (Phi) is 11.8. The summed E-state index contributed by atoms with van der Waals surface area (Å²) in [6.07, 6.45) is 9.82. The zero-order valence-electron chi connectivity index (χ0n) is 13.1. The van der Waals surface area contributed by atoms with E-state index in [1.807, 2.05) is 11.8 Å². The summed E-state index contributed by atoms with van der Waals surface area (Å²) in [5.41, 5.74) is 0. The molecule has 0 aliphatic carbocycles. The second-order valence-electron chi connectivity index (χ2n) is 5.79. The molecule has 1 aliphatic rings. The van der Waals surface area contributed by atoms with Gasteiger partial charge < -0.3 is 15.2 Å². The summed E-state index contributed by atoms with van der Waals surface area (Å²) in [6.45, 7) is 4.18. The van der Waals surface area contributed by atoms with Gasteiger partial charge in [0.25, 0.3) is 0 Å². The monoisotopic (exact) mass is 303 g/mol. The first-order valence-electron chi connectivity index (χ1n) is 8.40. The molecule has 1 saturated heterocycles. The largest absolute Gasteiger partial charge is 0.389 e. The van der Waals surface area contributed by atoms with Crippen LogP contribution in [0.2, 0.25) is 0 Å². The van der Waals surface area contributed by atoms with Gasteiger partial charge in [-0.05, 0) is 30.8 Å². The number of nitrogens with one attached hydrogen (secondary N) is 1. The SMILES string of the molecule is CCCCCCCCOCC(O)CNC1CCSCC1. The molecular formula is C16H33NO2S. The Labute approximate surface area is 129 Å². The van der Waals surface area contributed by atoms with Crippen molar-refractivity contribution in [1.82, 2.24) is 5.32 Å². The topological polar surface area (TPSA) is 41.5 Å². The minimum Gasteiger partial charge on any atom is -0.389 e. The lowest BCUT2D eigenvalue weighted by Gasteiger charge is -2.24. The standard InChI is InChI=1S/C16H33NO2S/c1-2-3-4-5-6-7-10-19-14-16(18)13-17-15-8-11-20-12-9-15/h15-18H,2-14H2,1H3. The van der Waals surface area contributed by atoms with Crippen molar-refractivity contribution in [2.24, 2.45) is 0 Å². The quantitative estimate of drug-likeness (QED) is 0.543. The van der Waals surface area contributed by atoms with Crippen LogP contribution in [0.3, 0.4) is 0 Å². The number of thioether (sulfide) groups is 1. The van der Waals surface area contributed by atoms with Gasteiger partial charge in [-0.3, -0.25) is 0 Å². The first-order chi connectivity index (χ1) is 9.83. The molecular weight excluding hydrogens is 270 g/mol. The summed E-state index contributed by atoms with van der Waals surface area (Å²) >= 11 is 2.03. The average Bonchev–Trinajstić information content (AvgIpc) is 2.49. The van der Waals surface area contributed by atoms with Crippen molar-refractivity contribution in [3.8, 4) is 0 Å². The van der Waals surface area contributed by atoms with Crippen LogP contribution in [0.1, 0.15) is 58.3 Å². The van der Waals surface area contributed by atoms with E-state index in [-0.39, 0.29) is 6.10 Å². The third kappa shape index (κ3) is 10.0. The highest BCUT2D eigenvalue weighted by Crippen LogP contribution is 2.16. The minimum atomic E-state index is -0.357. The highest BCUT2D eigenvalue weighted by molar-refractivity contribution is 7.99. The minimum absolute atomic E-state index is 0.357. The summed E-state index contributed by atoms with van der Waals surface area (Å²) < 4.78 is 5.55. The molecule has 0 spiro atoms. The van der Waals surface area contributed by atoms with E-state index in [1.54, 1.807) is 0 Å². The molecule has 0 amide bonds. The number of rotatable bonds is 12. The maximum absolute atomic E-state index is 9.86. The molecule has 120 valence electrons. The Morgan fingerprint density at radius 3 is 2.60 bits per heavy atom. The molecule has 1 unspecified atom stereocenters. The molecule has 0 aromatic carbocycles. The molecule has 1 aliphatic heterocycles. The van der Waals surface area contributed by atoms with E-state index in [0.717, 1.165) is 13.0 Å². The van der Waals surface area contributed by atoms with Crippen molar-refractivity contribution in [3.63, 3.8) is 0 Å². The van der Waals surface area contributed by atoms with Crippen molar-refractivity contribution < 1.29 is 9.84 Å². The first kappa shape index (κ1) is 18.3. The van der Waals surface area contributed by atoms with Crippen LogP contribution in [-0.2, 0) is 4.74 Å². The van der Waals surface area contributed by atoms with Gasteiger partial charge in [-0.15, -0.1) is 0 Å². The fourth-order valence-electron chi connectivity index (χ4n) is 2.47. The Balaban J connectivity index is 1.83. The zero-order chi connectivity index (χ0) is 14.5. The fraction of sp³-hybridized carbons (Fsp3) is 1.00. The highest BCUT2D eigenvalue weighted by Gasteiger charge is 2.14. The molecule has 4 heteroatoms. The first-order valence-corrected chi connectivity index (χ1v) is 9.55. The van der Waals surface area contributed by atoms with Crippen LogP contribution in [0.5, 0.6) is 0 Å². The van der Waals surface area contributed by atoms with Crippen LogP contribution in [0.15, 0.2) is 0 Å².